The monoisotopic (exact) mass is 307 g/mol. The average molecular weight is 307 g/mol. The number of carbonyl (C=O) groups is 1. The summed E-state index contributed by atoms with van der Waals surface area (Å²) in [4.78, 5) is 12.4. The summed E-state index contributed by atoms with van der Waals surface area (Å²) in [5.74, 6) is 0.480. The standard InChI is InChI=1S/C17H22FNO3/c18-14-3-6-16-12(8-14)7-13(10-22-16)17(21)19-15-4-1-11(9-20)2-5-15/h3,6,8,11,13,15,20H,1-2,4-5,7,9-10H2,(H,19,21). The van der Waals surface area contributed by atoms with E-state index >= 15 is 0 Å². The molecule has 1 fully saturated rings. The molecule has 2 N–H and O–H groups in total. The number of rotatable bonds is 3. The maximum atomic E-state index is 13.3. The smallest absolute Gasteiger partial charge is 0.227 e. The van der Waals surface area contributed by atoms with Crippen LogP contribution in [0.25, 0.3) is 0 Å². The first-order valence-electron chi connectivity index (χ1n) is 7.98. The van der Waals surface area contributed by atoms with E-state index in [9.17, 15) is 9.18 Å². The van der Waals surface area contributed by atoms with E-state index in [0.717, 1.165) is 31.2 Å². The molecule has 1 atom stereocenters. The number of carbonyl (C=O) groups excluding carboxylic acids is 1. The number of hydrogen-bond acceptors (Lipinski definition) is 3. The van der Waals surface area contributed by atoms with E-state index in [-0.39, 0.29) is 30.3 Å². The van der Waals surface area contributed by atoms with E-state index in [4.69, 9.17) is 9.84 Å². The second kappa shape index (κ2) is 6.65. The van der Waals surface area contributed by atoms with Gasteiger partial charge in [-0.15, -0.1) is 0 Å². The summed E-state index contributed by atoms with van der Waals surface area (Å²) in [5, 5.41) is 12.2. The third-order valence-corrected chi connectivity index (χ3v) is 4.75. The fourth-order valence-electron chi connectivity index (χ4n) is 3.34. The van der Waals surface area contributed by atoms with Gasteiger partial charge < -0.3 is 15.2 Å². The van der Waals surface area contributed by atoms with Crippen molar-refractivity contribution in [3.63, 3.8) is 0 Å². The predicted octanol–water partition coefficient (Wildman–Crippen LogP) is 2.04. The van der Waals surface area contributed by atoms with Gasteiger partial charge in [0.05, 0.1) is 5.92 Å². The van der Waals surface area contributed by atoms with E-state index in [2.05, 4.69) is 5.32 Å². The van der Waals surface area contributed by atoms with Crippen LogP contribution in [0.4, 0.5) is 4.39 Å². The lowest BCUT2D eigenvalue weighted by Crippen LogP contribution is -2.44. The largest absolute Gasteiger partial charge is 0.492 e. The van der Waals surface area contributed by atoms with Gasteiger partial charge in [0.15, 0.2) is 0 Å². The lowest BCUT2D eigenvalue weighted by Gasteiger charge is -2.30. The van der Waals surface area contributed by atoms with E-state index in [0.29, 0.717) is 24.7 Å². The Hall–Kier alpha value is -1.62. The lowest BCUT2D eigenvalue weighted by atomic mass is 9.86. The molecule has 1 saturated carbocycles. The van der Waals surface area contributed by atoms with Crippen LogP contribution in [0.1, 0.15) is 31.2 Å². The van der Waals surface area contributed by atoms with Crippen LogP contribution in [0, 0.1) is 17.7 Å². The van der Waals surface area contributed by atoms with Crippen molar-refractivity contribution >= 4 is 5.91 Å². The van der Waals surface area contributed by atoms with Gasteiger partial charge in [-0.05, 0) is 61.8 Å². The Labute approximate surface area is 129 Å². The molecule has 1 heterocycles. The zero-order chi connectivity index (χ0) is 15.5. The maximum absolute atomic E-state index is 13.3. The first kappa shape index (κ1) is 15.3. The van der Waals surface area contributed by atoms with Gasteiger partial charge in [-0.3, -0.25) is 4.79 Å². The number of amides is 1. The van der Waals surface area contributed by atoms with Gasteiger partial charge in [0, 0.05) is 12.6 Å². The molecule has 5 heteroatoms. The molecule has 120 valence electrons. The van der Waals surface area contributed by atoms with Crippen molar-refractivity contribution in [2.45, 2.75) is 38.1 Å². The SMILES string of the molecule is O=C(NC1CCC(CO)CC1)C1COc2ccc(F)cc2C1. The maximum Gasteiger partial charge on any atom is 0.227 e. The number of benzene rings is 1. The van der Waals surface area contributed by atoms with E-state index in [1.54, 1.807) is 6.07 Å². The molecular formula is C17H22FNO3. The minimum absolute atomic E-state index is 0.0117. The second-order valence-corrected chi connectivity index (χ2v) is 6.37. The molecule has 3 rings (SSSR count). The number of aliphatic hydroxyl groups is 1. The Morgan fingerprint density at radius 3 is 2.82 bits per heavy atom. The molecule has 0 saturated heterocycles. The minimum atomic E-state index is -0.300. The van der Waals surface area contributed by atoms with Crippen LogP contribution in [0.3, 0.4) is 0 Å². The Balaban J connectivity index is 1.55. The van der Waals surface area contributed by atoms with Gasteiger partial charge in [-0.1, -0.05) is 0 Å². The molecule has 4 nitrogen and oxygen atoms in total. The average Bonchev–Trinajstić information content (AvgIpc) is 2.54. The molecule has 2 aliphatic rings. The van der Waals surface area contributed by atoms with Crippen molar-refractivity contribution in [2.75, 3.05) is 13.2 Å². The Morgan fingerprint density at radius 2 is 2.09 bits per heavy atom. The molecule has 1 aromatic rings. The van der Waals surface area contributed by atoms with Crippen LogP contribution in [0.2, 0.25) is 0 Å². The summed E-state index contributed by atoms with van der Waals surface area (Å²) in [6, 6.07) is 4.62. The first-order valence-corrected chi connectivity index (χ1v) is 7.98. The fraction of sp³-hybridized carbons (Fsp3) is 0.588. The summed E-state index contributed by atoms with van der Waals surface area (Å²) in [5.41, 5.74) is 0.760. The fourth-order valence-corrected chi connectivity index (χ4v) is 3.34. The summed E-state index contributed by atoms with van der Waals surface area (Å²) >= 11 is 0. The van der Waals surface area contributed by atoms with E-state index in [1.807, 2.05) is 0 Å². The Kier molecular flexibility index (Phi) is 4.62. The molecule has 1 amide bonds. The molecule has 0 radical (unpaired) electrons. The first-order chi connectivity index (χ1) is 10.7. The van der Waals surface area contributed by atoms with Gasteiger partial charge in [0.2, 0.25) is 5.91 Å². The van der Waals surface area contributed by atoms with Crippen LogP contribution in [0.5, 0.6) is 5.75 Å². The Bertz CT molecular complexity index is 541. The summed E-state index contributed by atoms with van der Waals surface area (Å²) in [6.07, 6.45) is 4.25. The van der Waals surface area contributed by atoms with E-state index in [1.165, 1.54) is 12.1 Å². The van der Waals surface area contributed by atoms with Gasteiger partial charge in [-0.2, -0.15) is 0 Å². The van der Waals surface area contributed by atoms with Gasteiger partial charge >= 0.3 is 0 Å². The van der Waals surface area contributed by atoms with Crippen molar-refractivity contribution in [1.29, 1.82) is 0 Å². The van der Waals surface area contributed by atoms with Crippen molar-refractivity contribution in [1.82, 2.24) is 5.32 Å². The zero-order valence-electron chi connectivity index (χ0n) is 12.6. The number of halogens is 1. The molecule has 0 aromatic heterocycles. The highest BCUT2D eigenvalue weighted by Crippen LogP contribution is 2.29. The van der Waals surface area contributed by atoms with Crippen LogP contribution < -0.4 is 10.1 Å². The van der Waals surface area contributed by atoms with Gasteiger partial charge in [0.1, 0.15) is 18.2 Å². The topological polar surface area (TPSA) is 58.6 Å². The number of fused-ring (bicyclic) bond motifs is 1. The van der Waals surface area contributed by atoms with Crippen molar-refractivity contribution in [2.24, 2.45) is 11.8 Å². The highest BCUT2D eigenvalue weighted by molar-refractivity contribution is 5.79. The molecule has 22 heavy (non-hydrogen) atoms. The third-order valence-electron chi connectivity index (χ3n) is 4.75. The molecule has 0 spiro atoms. The molecular weight excluding hydrogens is 285 g/mol. The molecule has 1 aromatic carbocycles. The summed E-state index contributed by atoms with van der Waals surface area (Å²) in [7, 11) is 0. The van der Waals surface area contributed by atoms with Crippen LogP contribution in [-0.2, 0) is 11.2 Å². The van der Waals surface area contributed by atoms with Crippen molar-refractivity contribution in [3.8, 4) is 5.75 Å². The number of ether oxygens (including phenoxy) is 1. The quantitative estimate of drug-likeness (QED) is 0.898. The third kappa shape index (κ3) is 3.40. The number of aliphatic hydroxyl groups excluding tert-OH is 1. The minimum Gasteiger partial charge on any atom is -0.492 e. The normalized spacial score (nSPS) is 27.6. The Morgan fingerprint density at radius 1 is 1.32 bits per heavy atom. The molecule has 1 aliphatic carbocycles. The highest BCUT2D eigenvalue weighted by Gasteiger charge is 2.29. The van der Waals surface area contributed by atoms with Crippen LogP contribution in [-0.4, -0.2) is 30.3 Å². The van der Waals surface area contributed by atoms with Gasteiger partial charge in [-0.25, -0.2) is 4.39 Å². The van der Waals surface area contributed by atoms with Crippen molar-refractivity contribution in [3.05, 3.63) is 29.6 Å². The zero-order valence-corrected chi connectivity index (χ0v) is 12.6. The summed E-state index contributed by atoms with van der Waals surface area (Å²) < 4.78 is 18.9. The molecule has 0 bridgehead atoms. The van der Waals surface area contributed by atoms with E-state index < -0.39 is 0 Å². The predicted molar refractivity (Wildman–Crippen MR) is 80.1 cm³/mol. The highest BCUT2D eigenvalue weighted by atomic mass is 19.1. The number of nitrogens with one attached hydrogen (secondary N) is 1. The second-order valence-electron chi connectivity index (χ2n) is 6.37. The van der Waals surface area contributed by atoms with Crippen molar-refractivity contribution < 1.29 is 19.0 Å². The lowest BCUT2D eigenvalue weighted by molar-refractivity contribution is -0.127. The van der Waals surface area contributed by atoms with Gasteiger partial charge in [0.25, 0.3) is 0 Å². The summed E-state index contributed by atoms with van der Waals surface area (Å²) in [6.45, 7) is 0.579. The number of hydrogen-bond donors (Lipinski definition) is 2. The van der Waals surface area contributed by atoms with Crippen LogP contribution in [0.15, 0.2) is 18.2 Å². The molecule has 1 aliphatic heterocycles. The molecule has 1 unspecified atom stereocenters. The van der Waals surface area contributed by atoms with Crippen LogP contribution >= 0.6 is 0 Å².